The fourth-order valence-electron chi connectivity index (χ4n) is 3.48. The monoisotopic (exact) mass is 562 g/mol. The molecule has 9 heteroatoms. The third kappa shape index (κ3) is 5.02. The van der Waals surface area contributed by atoms with Crippen molar-refractivity contribution in [1.82, 2.24) is 9.97 Å². The van der Waals surface area contributed by atoms with E-state index in [9.17, 15) is 0 Å². The zero-order chi connectivity index (χ0) is 22.2. The summed E-state index contributed by atoms with van der Waals surface area (Å²) in [5, 5.41) is 0. The van der Waals surface area contributed by atoms with Crippen LogP contribution in [0.15, 0.2) is 46.8 Å². The summed E-state index contributed by atoms with van der Waals surface area (Å²) >= 11 is -4.53. The van der Waals surface area contributed by atoms with Gasteiger partial charge in [-0.25, -0.2) is 0 Å². The van der Waals surface area contributed by atoms with Crippen LogP contribution >= 0.6 is 17.8 Å². The van der Waals surface area contributed by atoms with Crippen molar-refractivity contribution in [2.24, 2.45) is 9.98 Å². The van der Waals surface area contributed by atoms with Gasteiger partial charge < -0.3 is 0 Å². The maximum atomic E-state index is 6.70. The summed E-state index contributed by atoms with van der Waals surface area (Å²) in [6.45, 7) is 7.88. The van der Waals surface area contributed by atoms with E-state index >= 15 is 0 Å². The molecule has 31 heavy (non-hydrogen) atoms. The second-order valence-corrected chi connectivity index (χ2v) is 19.2. The Morgan fingerprint density at radius 3 is 1.90 bits per heavy atom. The average Bonchev–Trinajstić information content (AvgIpc) is 2.70. The first-order chi connectivity index (χ1) is 14.7. The van der Waals surface area contributed by atoms with E-state index in [1.165, 1.54) is 6.33 Å². The molecule has 0 saturated carbocycles. The zero-order valence-corrected chi connectivity index (χ0v) is 21.8. The summed E-state index contributed by atoms with van der Waals surface area (Å²) in [7, 11) is 13.4. The van der Waals surface area contributed by atoms with Crippen molar-refractivity contribution in [2.45, 2.75) is 27.7 Å². The Morgan fingerprint density at radius 1 is 0.774 bits per heavy atom. The van der Waals surface area contributed by atoms with Gasteiger partial charge in [-0.15, -0.1) is 0 Å². The molecule has 0 spiro atoms. The van der Waals surface area contributed by atoms with Crippen molar-refractivity contribution in [3.63, 3.8) is 0 Å². The summed E-state index contributed by atoms with van der Waals surface area (Å²) in [5.41, 5.74) is 5.90. The molecule has 0 unspecified atom stereocenters. The van der Waals surface area contributed by atoms with Crippen LogP contribution in [0.4, 0.5) is 11.5 Å². The maximum absolute atomic E-state index is 6.70. The molecule has 6 nitrogen and oxygen atoms in total. The summed E-state index contributed by atoms with van der Waals surface area (Å²) < 4.78 is 12.3. The second-order valence-electron chi connectivity index (χ2n) is 7.42. The fraction of sp³-hybridized carbons (Fsp3) is 0.182. The molecular formula is C22H20Cl2N4O2Sn. The van der Waals surface area contributed by atoms with E-state index in [2.05, 4.69) is 20.0 Å². The minimum absolute atomic E-state index is 0.439. The number of aromatic nitrogens is 2. The van der Waals surface area contributed by atoms with E-state index in [0.717, 1.165) is 33.4 Å². The second kappa shape index (κ2) is 8.76. The minimum atomic E-state index is -4.53. The number of aliphatic imine (C=N–C) groups is 2. The Hall–Kier alpha value is -2.16. The molecule has 1 aliphatic heterocycles. The zero-order valence-electron chi connectivity index (χ0n) is 17.5. The molecule has 0 aliphatic carbocycles. The van der Waals surface area contributed by atoms with Gasteiger partial charge in [-0.1, -0.05) is 0 Å². The van der Waals surface area contributed by atoms with Crippen molar-refractivity contribution in [1.29, 1.82) is 0 Å². The van der Waals surface area contributed by atoms with E-state index in [-0.39, 0.29) is 0 Å². The SMILES string of the molecule is Cc1cc(C)c2c(c1)C=Nc1cncnc1N=Cc1cc(C)cc(C)c1[O][Sn]([Cl])([Cl])[O]2. The van der Waals surface area contributed by atoms with Gasteiger partial charge in [-0.3, -0.25) is 0 Å². The van der Waals surface area contributed by atoms with Gasteiger partial charge >= 0.3 is 194 Å². The van der Waals surface area contributed by atoms with Crippen LogP contribution in [0.2, 0.25) is 0 Å². The van der Waals surface area contributed by atoms with Gasteiger partial charge in [0.1, 0.15) is 0 Å². The van der Waals surface area contributed by atoms with Gasteiger partial charge in [0, 0.05) is 0 Å². The van der Waals surface area contributed by atoms with Crippen LogP contribution in [0, 0.1) is 27.7 Å². The Balaban J connectivity index is 1.96. The van der Waals surface area contributed by atoms with Crippen molar-refractivity contribution < 1.29 is 6.15 Å². The number of benzene rings is 2. The Bertz CT molecular complexity index is 1140. The van der Waals surface area contributed by atoms with Crippen molar-refractivity contribution in [3.8, 4) is 11.5 Å². The third-order valence-electron chi connectivity index (χ3n) is 4.68. The van der Waals surface area contributed by atoms with E-state index in [0.29, 0.717) is 23.0 Å². The van der Waals surface area contributed by atoms with Crippen molar-refractivity contribution >= 4 is 58.7 Å². The molecule has 0 radical (unpaired) electrons. The standard InChI is InChI=1S/C22H22N4O2.2ClH.Sn/c1-13-5-15(3)20(27)17(7-13)9-24-19-11-23-12-26-22(19)25-10-18-8-14(2)6-16(4)21(18)28;;;/h5-12,27-28H,1-4H3;2*1H;/q;;;+4/p-4. The van der Waals surface area contributed by atoms with Gasteiger partial charge in [0.2, 0.25) is 0 Å². The van der Waals surface area contributed by atoms with Crippen molar-refractivity contribution in [2.75, 3.05) is 0 Å². The summed E-state index contributed by atoms with van der Waals surface area (Å²) in [6.07, 6.45) is 6.41. The molecule has 0 bridgehead atoms. The van der Waals surface area contributed by atoms with Crippen LogP contribution in [0.1, 0.15) is 33.4 Å². The number of halogens is 2. The van der Waals surface area contributed by atoms with Gasteiger partial charge in [0.25, 0.3) is 0 Å². The van der Waals surface area contributed by atoms with Gasteiger partial charge in [-0.05, 0) is 0 Å². The summed E-state index contributed by atoms with van der Waals surface area (Å²) in [5.74, 6) is 1.55. The van der Waals surface area contributed by atoms with E-state index < -0.39 is 17.0 Å². The number of rotatable bonds is 0. The normalized spacial score (nSPS) is 14.6. The molecule has 1 aliphatic rings. The van der Waals surface area contributed by atoms with Crippen molar-refractivity contribution in [3.05, 3.63) is 70.2 Å². The first-order valence-corrected chi connectivity index (χ1v) is 19.1. The van der Waals surface area contributed by atoms with Crippen LogP contribution in [-0.2, 0) is 0 Å². The number of hydrogen-bond donors (Lipinski definition) is 0. The van der Waals surface area contributed by atoms with Gasteiger partial charge in [-0.2, -0.15) is 0 Å². The molecule has 0 fully saturated rings. The third-order valence-corrected chi connectivity index (χ3v) is 9.27. The predicted molar refractivity (Wildman–Crippen MR) is 127 cm³/mol. The molecule has 158 valence electrons. The molecule has 0 amide bonds. The van der Waals surface area contributed by atoms with Crippen LogP contribution < -0.4 is 6.15 Å². The quantitative estimate of drug-likeness (QED) is 0.321. The molecule has 2 heterocycles. The van der Waals surface area contributed by atoms with Crippen LogP contribution in [0.25, 0.3) is 0 Å². The Morgan fingerprint density at radius 2 is 1.32 bits per heavy atom. The molecule has 3 aromatic rings. The molecule has 0 saturated heterocycles. The Labute approximate surface area is 193 Å². The first-order valence-electron chi connectivity index (χ1n) is 9.58. The van der Waals surface area contributed by atoms with Gasteiger partial charge in [0.05, 0.1) is 0 Å². The molecule has 2 aromatic carbocycles. The van der Waals surface area contributed by atoms with E-state index in [1.54, 1.807) is 18.6 Å². The predicted octanol–water partition coefficient (Wildman–Crippen LogP) is 5.90. The first kappa shape index (κ1) is 22.0. The van der Waals surface area contributed by atoms with E-state index in [1.807, 2.05) is 52.0 Å². The number of nitrogens with zero attached hydrogens (tertiary/aromatic N) is 4. The van der Waals surface area contributed by atoms with Gasteiger partial charge in [0.15, 0.2) is 0 Å². The number of hydrogen-bond acceptors (Lipinski definition) is 6. The molecule has 4 rings (SSSR count). The molecule has 0 N–H and O–H groups in total. The van der Waals surface area contributed by atoms with E-state index in [4.69, 9.17) is 24.0 Å². The van der Waals surface area contributed by atoms with Crippen LogP contribution in [-0.4, -0.2) is 39.3 Å². The summed E-state index contributed by atoms with van der Waals surface area (Å²) in [4.78, 5) is 17.5. The number of fused-ring (bicyclic) bond motifs is 3. The molecule has 1 aromatic heterocycles. The summed E-state index contributed by atoms with van der Waals surface area (Å²) in [6, 6.07) is 7.91. The average molecular weight is 562 g/mol. The fourth-order valence-corrected chi connectivity index (χ4v) is 8.62. The van der Waals surface area contributed by atoms with Crippen LogP contribution in [0.3, 0.4) is 0 Å². The Kier molecular flexibility index (Phi) is 6.23. The number of aryl methyl sites for hydroxylation is 4. The van der Waals surface area contributed by atoms with Crippen LogP contribution in [0.5, 0.6) is 11.5 Å². The molecule has 0 atom stereocenters. The molecular weight excluding hydrogens is 542 g/mol. The topological polar surface area (TPSA) is 69.0 Å².